The summed E-state index contributed by atoms with van der Waals surface area (Å²) in [5, 5.41) is 8.21. The average molecular weight is 373 g/mol. The fraction of sp³-hybridized carbons (Fsp3) is 0.500. The minimum absolute atomic E-state index is 0. The number of nitrogens with one attached hydrogen (secondary N) is 2. The summed E-state index contributed by atoms with van der Waals surface area (Å²) < 4.78 is 1.15. The monoisotopic (exact) mass is 372 g/mol. The van der Waals surface area contributed by atoms with Crippen LogP contribution in [-0.2, 0) is 0 Å². The highest BCUT2D eigenvalue weighted by Crippen LogP contribution is 2.16. The number of thiophene rings is 1. The fourth-order valence-electron chi connectivity index (χ4n) is 1.68. The maximum atomic E-state index is 11.7. The summed E-state index contributed by atoms with van der Waals surface area (Å²) in [6.45, 7) is 1.82. The van der Waals surface area contributed by atoms with Gasteiger partial charge < -0.3 is 10.6 Å². The van der Waals surface area contributed by atoms with Gasteiger partial charge >= 0.3 is 0 Å². The molecule has 1 unspecified atom stereocenters. The van der Waals surface area contributed by atoms with Gasteiger partial charge in [-0.3, -0.25) is 4.79 Å². The number of carbonyl (C=O) groups excluding carboxylic acids is 1. The molecule has 2 heterocycles. The van der Waals surface area contributed by atoms with Crippen molar-refractivity contribution < 1.29 is 4.79 Å². The minimum Gasteiger partial charge on any atom is -0.350 e. The third-order valence-electron chi connectivity index (χ3n) is 2.50. The average Bonchev–Trinajstić information content (AvgIpc) is 2.84. The lowest BCUT2D eigenvalue weighted by molar-refractivity contribution is 0.0951. The first kappa shape index (κ1) is 14.2. The van der Waals surface area contributed by atoms with Crippen molar-refractivity contribution in [2.75, 3.05) is 13.1 Å². The molecule has 3 nitrogen and oxygen atoms in total. The minimum atomic E-state index is 0. The highest BCUT2D eigenvalue weighted by molar-refractivity contribution is 14.1. The molecule has 1 fully saturated rings. The molecule has 1 aromatic heterocycles. The molecule has 1 aliphatic rings. The van der Waals surface area contributed by atoms with E-state index in [1.807, 2.05) is 11.4 Å². The van der Waals surface area contributed by atoms with E-state index in [1.54, 1.807) is 11.3 Å². The van der Waals surface area contributed by atoms with Crippen molar-refractivity contribution >= 4 is 52.2 Å². The largest absolute Gasteiger partial charge is 0.350 e. The third kappa shape index (κ3) is 3.87. The van der Waals surface area contributed by atoms with E-state index >= 15 is 0 Å². The molecule has 1 amide bonds. The molecular formula is C10H14ClIN2OS. The van der Waals surface area contributed by atoms with Crippen molar-refractivity contribution in [2.24, 2.45) is 0 Å². The van der Waals surface area contributed by atoms with Gasteiger partial charge in [0.2, 0.25) is 0 Å². The zero-order valence-electron chi connectivity index (χ0n) is 8.66. The van der Waals surface area contributed by atoms with Gasteiger partial charge in [0.1, 0.15) is 0 Å². The Morgan fingerprint density at radius 2 is 2.50 bits per heavy atom. The second-order valence-corrected chi connectivity index (χ2v) is 6.45. The highest BCUT2D eigenvalue weighted by atomic mass is 127. The summed E-state index contributed by atoms with van der Waals surface area (Å²) in [4.78, 5) is 11.7. The van der Waals surface area contributed by atoms with Crippen molar-refractivity contribution in [3.05, 3.63) is 19.9 Å². The van der Waals surface area contributed by atoms with E-state index in [0.29, 0.717) is 6.04 Å². The summed E-state index contributed by atoms with van der Waals surface area (Å²) in [5.41, 5.74) is 0.780. The Morgan fingerprint density at radius 1 is 1.69 bits per heavy atom. The topological polar surface area (TPSA) is 41.1 Å². The summed E-state index contributed by atoms with van der Waals surface area (Å²) in [6, 6.07) is 2.38. The molecule has 16 heavy (non-hydrogen) atoms. The summed E-state index contributed by atoms with van der Waals surface area (Å²) >= 11 is 3.83. The lowest BCUT2D eigenvalue weighted by Crippen LogP contribution is -2.36. The van der Waals surface area contributed by atoms with Crippen LogP contribution in [0.5, 0.6) is 0 Å². The van der Waals surface area contributed by atoms with E-state index in [1.165, 1.54) is 12.8 Å². The van der Waals surface area contributed by atoms with Crippen LogP contribution in [0.3, 0.4) is 0 Å². The maximum Gasteiger partial charge on any atom is 0.252 e. The van der Waals surface area contributed by atoms with Crippen LogP contribution in [0.1, 0.15) is 23.2 Å². The standard InChI is InChI=1S/C10H13IN2OS.ClH/c11-9-4-7(6-15-9)10(14)13-5-8-2-1-3-12-8;/h4,6,8,12H,1-3,5H2,(H,13,14);1H. The van der Waals surface area contributed by atoms with Gasteiger partial charge in [-0.15, -0.1) is 23.7 Å². The third-order valence-corrected chi connectivity index (χ3v) is 4.29. The second-order valence-electron chi connectivity index (χ2n) is 3.64. The number of rotatable bonds is 3. The Bertz CT molecular complexity index is 352. The van der Waals surface area contributed by atoms with Crippen LogP contribution in [0.4, 0.5) is 0 Å². The van der Waals surface area contributed by atoms with Crippen LogP contribution >= 0.6 is 46.3 Å². The highest BCUT2D eigenvalue weighted by Gasteiger charge is 2.15. The number of hydrogen-bond donors (Lipinski definition) is 2. The van der Waals surface area contributed by atoms with Gasteiger partial charge in [-0.1, -0.05) is 0 Å². The van der Waals surface area contributed by atoms with Crippen molar-refractivity contribution in [2.45, 2.75) is 18.9 Å². The van der Waals surface area contributed by atoms with Crippen molar-refractivity contribution in [3.8, 4) is 0 Å². The molecule has 1 aromatic rings. The van der Waals surface area contributed by atoms with Crippen molar-refractivity contribution in [1.29, 1.82) is 0 Å². The molecule has 0 aromatic carbocycles. The molecular weight excluding hydrogens is 359 g/mol. The van der Waals surface area contributed by atoms with Gasteiger partial charge in [-0.25, -0.2) is 0 Å². The molecule has 6 heteroatoms. The quantitative estimate of drug-likeness (QED) is 0.799. The van der Waals surface area contributed by atoms with Gasteiger partial charge in [-0.2, -0.15) is 0 Å². The maximum absolute atomic E-state index is 11.7. The van der Waals surface area contributed by atoms with Gasteiger partial charge in [0.05, 0.1) is 8.45 Å². The van der Waals surface area contributed by atoms with Crippen molar-refractivity contribution in [1.82, 2.24) is 10.6 Å². The molecule has 0 aliphatic carbocycles. The second kappa shape index (κ2) is 6.78. The molecule has 1 saturated heterocycles. The van der Waals surface area contributed by atoms with Crippen molar-refractivity contribution in [3.63, 3.8) is 0 Å². The van der Waals surface area contributed by atoms with Gasteiger partial charge in [0.25, 0.3) is 5.91 Å². The Kier molecular flexibility index (Phi) is 6.02. The lowest BCUT2D eigenvalue weighted by atomic mass is 10.2. The first-order valence-electron chi connectivity index (χ1n) is 5.01. The zero-order valence-corrected chi connectivity index (χ0v) is 12.5. The Hall–Kier alpha value is 0.150. The SMILES string of the molecule is Cl.O=C(NCC1CCCN1)c1csc(I)c1. The van der Waals surface area contributed by atoms with E-state index in [2.05, 4.69) is 33.2 Å². The number of carbonyl (C=O) groups is 1. The molecule has 0 bridgehead atoms. The number of halogens is 2. The van der Waals surface area contributed by atoms with Crippen LogP contribution in [0.2, 0.25) is 0 Å². The summed E-state index contributed by atoms with van der Waals surface area (Å²) in [5.74, 6) is 0.0443. The predicted molar refractivity (Wildman–Crippen MR) is 77.6 cm³/mol. The molecule has 2 rings (SSSR count). The van der Waals surface area contributed by atoms with Crippen LogP contribution in [0.25, 0.3) is 0 Å². The van der Waals surface area contributed by atoms with E-state index < -0.39 is 0 Å². The molecule has 1 atom stereocenters. The van der Waals surface area contributed by atoms with Crippen LogP contribution < -0.4 is 10.6 Å². The summed E-state index contributed by atoms with van der Waals surface area (Å²) in [7, 11) is 0. The zero-order chi connectivity index (χ0) is 10.7. The molecule has 0 spiro atoms. The molecule has 2 N–H and O–H groups in total. The van der Waals surface area contributed by atoms with Crippen LogP contribution in [0.15, 0.2) is 11.4 Å². The van der Waals surface area contributed by atoms with Crippen LogP contribution in [0, 0.1) is 2.88 Å². The Morgan fingerprint density at radius 3 is 3.06 bits per heavy atom. The Labute approximate surface area is 119 Å². The van der Waals surface area contributed by atoms with E-state index in [4.69, 9.17) is 0 Å². The number of amides is 1. The lowest BCUT2D eigenvalue weighted by Gasteiger charge is -2.10. The number of hydrogen-bond acceptors (Lipinski definition) is 3. The smallest absolute Gasteiger partial charge is 0.252 e. The van der Waals surface area contributed by atoms with Gasteiger partial charge in [0.15, 0.2) is 0 Å². The predicted octanol–water partition coefficient (Wildman–Crippen LogP) is 2.26. The van der Waals surface area contributed by atoms with Gasteiger partial charge in [0, 0.05) is 18.0 Å². The first-order chi connectivity index (χ1) is 7.25. The first-order valence-corrected chi connectivity index (χ1v) is 6.97. The van der Waals surface area contributed by atoms with Crippen LogP contribution in [-0.4, -0.2) is 25.0 Å². The Balaban J connectivity index is 0.00000128. The van der Waals surface area contributed by atoms with E-state index in [-0.39, 0.29) is 18.3 Å². The molecule has 90 valence electrons. The van der Waals surface area contributed by atoms with Gasteiger partial charge in [-0.05, 0) is 48.0 Å². The molecule has 0 radical (unpaired) electrons. The van der Waals surface area contributed by atoms with E-state index in [0.717, 1.165) is 21.5 Å². The molecule has 0 saturated carbocycles. The normalized spacial score (nSPS) is 19.2. The summed E-state index contributed by atoms with van der Waals surface area (Å²) in [6.07, 6.45) is 2.39. The van der Waals surface area contributed by atoms with E-state index in [9.17, 15) is 4.79 Å². The molecule has 1 aliphatic heterocycles. The fourth-order valence-corrected chi connectivity index (χ4v) is 3.00.